The first-order valence-electron chi connectivity index (χ1n) is 7.36. The Balaban J connectivity index is 2.00. The molecule has 0 spiro atoms. The predicted octanol–water partition coefficient (Wildman–Crippen LogP) is 4.69. The molecule has 2 unspecified atom stereocenters. The minimum atomic E-state index is -0.165. The quantitative estimate of drug-likeness (QED) is 0.791. The summed E-state index contributed by atoms with van der Waals surface area (Å²) in [5, 5.41) is 3.59. The van der Waals surface area contributed by atoms with Crippen LogP contribution in [0, 0.1) is 11.7 Å². The maximum Gasteiger partial charge on any atom is 0.124 e. The number of halogens is 2. The van der Waals surface area contributed by atoms with Crippen molar-refractivity contribution in [3.63, 3.8) is 0 Å². The van der Waals surface area contributed by atoms with Gasteiger partial charge in [0.1, 0.15) is 5.82 Å². The predicted molar refractivity (Wildman–Crippen MR) is 81.8 cm³/mol. The first-order chi connectivity index (χ1) is 9.19. The van der Waals surface area contributed by atoms with E-state index >= 15 is 0 Å². The van der Waals surface area contributed by atoms with Crippen LogP contribution in [0.5, 0.6) is 0 Å². The molecule has 106 valence electrons. The Hall–Kier alpha value is -0.410. The average Bonchev–Trinajstić information content (AvgIpc) is 2.59. The lowest BCUT2D eigenvalue weighted by atomic mass is 9.91. The Bertz CT molecular complexity index is 408. The summed E-state index contributed by atoms with van der Waals surface area (Å²) in [4.78, 5) is 0. The molecular formula is C16H23BrFN. The van der Waals surface area contributed by atoms with E-state index in [0.717, 1.165) is 17.4 Å². The van der Waals surface area contributed by atoms with Crippen LogP contribution in [0.4, 0.5) is 4.39 Å². The normalized spacial score (nSPS) is 24.2. The second-order valence-corrected chi connectivity index (χ2v) is 6.43. The van der Waals surface area contributed by atoms with Crippen molar-refractivity contribution >= 4 is 15.9 Å². The molecule has 2 rings (SSSR count). The van der Waals surface area contributed by atoms with Gasteiger partial charge in [0.25, 0.3) is 0 Å². The van der Waals surface area contributed by atoms with Crippen molar-refractivity contribution in [2.75, 3.05) is 6.54 Å². The number of hydrogen-bond acceptors (Lipinski definition) is 1. The van der Waals surface area contributed by atoms with Gasteiger partial charge in [-0.25, -0.2) is 4.39 Å². The van der Waals surface area contributed by atoms with Crippen molar-refractivity contribution in [2.24, 2.45) is 5.92 Å². The molecule has 1 saturated carbocycles. The van der Waals surface area contributed by atoms with Crippen molar-refractivity contribution in [3.8, 4) is 0 Å². The van der Waals surface area contributed by atoms with Gasteiger partial charge in [0.15, 0.2) is 0 Å². The molecule has 0 heterocycles. The van der Waals surface area contributed by atoms with Gasteiger partial charge >= 0.3 is 0 Å². The van der Waals surface area contributed by atoms with E-state index in [9.17, 15) is 4.39 Å². The number of hydrogen-bond donors (Lipinski definition) is 1. The average molecular weight is 328 g/mol. The third kappa shape index (κ3) is 4.57. The lowest BCUT2D eigenvalue weighted by molar-refractivity contribution is 0.389. The SMILES string of the molecule is CCNC1CCCCC(Cc2ccc(F)cc2Br)C1. The molecule has 0 aliphatic heterocycles. The van der Waals surface area contributed by atoms with Crippen LogP contribution in [0.3, 0.4) is 0 Å². The Kier molecular flexibility index (Phi) is 5.83. The van der Waals surface area contributed by atoms with Gasteiger partial charge in [-0.05, 0) is 49.4 Å². The molecule has 0 radical (unpaired) electrons. The number of benzene rings is 1. The highest BCUT2D eigenvalue weighted by Gasteiger charge is 2.20. The van der Waals surface area contributed by atoms with E-state index in [4.69, 9.17) is 0 Å². The van der Waals surface area contributed by atoms with Crippen molar-refractivity contribution in [1.82, 2.24) is 5.32 Å². The molecule has 1 fully saturated rings. The fourth-order valence-corrected chi connectivity index (χ4v) is 3.63. The first kappa shape index (κ1) is 15.0. The summed E-state index contributed by atoms with van der Waals surface area (Å²) >= 11 is 3.48. The molecule has 1 nitrogen and oxygen atoms in total. The van der Waals surface area contributed by atoms with Crippen molar-refractivity contribution in [3.05, 3.63) is 34.1 Å². The first-order valence-corrected chi connectivity index (χ1v) is 8.15. The van der Waals surface area contributed by atoms with Crippen LogP contribution >= 0.6 is 15.9 Å². The molecular weight excluding hydrogens is 305 g/mol. The van der Waals surface area contributed by atoms with E-state index in [2.05, 4.69) is 28.2 Å². The number of rotatable bonds is 4. The molecule has 2 atom stereocenters. The zero-order chi connectivity index (χ0) is 13.7. The van der Waals surface area contributed by atoms with Gasteiger partial charge in [-0.2, -0.15) is 0 Å². The molecule has 1 aromatic carbocycles. The Morgan fingerprint density at radius 1 is 1.32 bits per heavy atom. The molecule has 1 aliphatic rings. The molecule has 0 saturated heterocycles. The third-order valence-corrected chi connectivity index (χ3v) is 4.79. The zero-order valence-corrected chi connectivity index (χ0v) is 13.2. The van der Waals surface area contributed by atoms with Crippen molar-refractivity contribution in [2.45, 2.75) is 51.5 Å². The second kappa shape index (κ2) is 7.39. The van der Waals surface area contributed by atoms with E-state index in [1.807, 2.05) is 6.07 Å². The Labute approximate surface area is 124 Å². The second-order valence-electron chi connectivity index (χ2n) is 5.58. The van der Waals surface area contributed by atoms with Gasteiger partial charge in [0.2, 0.25) is 0 Å². The van der Waals surface area contributed by atoms with E-state index < -0.39 is 0 Å². The molecule has 19 heavy (non-hydrogen) atoms. The zero-order valence-electron chi connectivity index (χ0n) is 11.6. The summed E-state index contributed by atoms with van der Waals surface area (Å²) < 4.78 is 14.0. The topological polar surface area (TPSA) is 12.0 Å². The highest BCUT2D eigenvalue weighted by atomic mass is 79.9. The summed E-state index contributed by atoms with van der Waals surface area (Å²) in [5.74, 6) is 0.551. The maximum absolute atomic E-state index is 13.1. The summed E-state index contributed by atoms with van der Waals surface area (Å²) in [5.41, 5.74) is 1.24. The van der Waals surface area contributed by atoms with Crippen LogP contribution < -0.4 is 5.32 Å². The molecule has 1 aliphatic carbocycles. The third-order valence-electron chi connectivity index (χ3n) is 4.05. The van der Waals surface area contributed by atoms with Crippen LogP contribution in [-0.4, -0.2) is 12.6 Å². The van der Waals surface area contributed by atoms with Gasteiger partial charge in [-0.3, -0.25) is 0 Å². The summed E-state index contributed by atoms with van der Waals surface area (Å²) in [6, 6.07) is 5.73. The molecule has 0 amide bonds. The molecule has 1 N–H and O–H groups in total. The van der Waals surface area contributed by atoms with Crippen molar-refractivity contribution < 1.29 is 4.39 Å². The summed E-state index contributed by atoms with van der Waals surface area (Å²) in [6.07, 6.45) is 7.56. The van der Waals surface area contributed by atoms with Gasteiger partial charge < -0.3 is 5.32 Å². The summed E-state index contributed by atoms with van der Waals surface area (Å²) in [6.45, 7) is 3.23. The van der Waals surface area contributed by atoms with E-state index in [1.54, 1.807) is 12.1 Å². The Morgan fingerprint density at radius 2 is 2.11 bits per heavy atom. The largest absolute Gasteiger partial charge is 0.314 e. The minimum absolute atomic E-state index is 0.165. The molecule has 0 bridgehead atoms. The lowest BCUT2D eigenvalue weighted by Crippen LogP contribution is -2.30. The molecule has 3 heteroatoms. The van der Waals surface area contributed by atoms with Crippen LogP contribution in [0.25, 0.3) is 0 Å². The highest BCUT2D eigenvalue weighted by molar-refractivity contribution is 9.10. The van der Waals surface area contributed by atoms with Gasteiger partial charge in [-0.1, -0.05) is 48.2 Å². The van der Waals surface area contributed by atoms with Gasteiger partial charge in [0, 0.05) is 10.5 Å². The van der Waals surface area contributed by atoms with Crippen molar-refractivity contribution in [1.29, 1.82) is 0 Å². The Morgan fingerprint density at radius 3 is 2.84 bits per heavy atom. The fraction of sp³-hybridized carbons (Fsp3) is 0.625. The van der Waals surface area contributed by atoms with E-state index in [0.29, 0.717) is 12.0 Å². The lowest BCUT2D eigenvalue weighted by Gasteiger charge is -2.21. The molecule has 1 aromatic rings. The maximum atomic E-state index is 13.1. The summed E-state index contributed by atoms with van der Waals surface area (Å²) in [7, 11) is 0. The van der Waals surface area contributed by atoms with Crippen LogP contribution in [0.2, 0.25) is 0 Å². The van der Waals surface area contributed by atoms with Crippen LogP contribution in [0.1, 0.15) is 44.6 Å². The standard InChI is InChI=1S/C16H23BrFN/c1-2-19-15-6-4-3-5-12(10-15)9-13-7-8-14(18)11-16(13)17/h7-8,11-12,15,19H,2-6,9-10H2,1H3. The smallest absolute Gasteiger partial charge is 0.124 e. The van der Waals surface area contributed by atoms with Gasteiger partial charge in [-0.15, -0.1) is 0 Å². The van der Waals surface area contributed by atoms with E-state index in [1.165, 1.54) is 37.7 Å². The van der Waals surface area contributed by atoms with Crippen LogP contribution in [0.15, 0.2) is 22.7 Å². The van der Waals surface area contributed by atoms with E-state index in [-0.39, 0.29) is 5.82 Å². The number of nitrogens with one attached hydrogen (secondary N) is 1. The minimum Gasteiger partial charge on any atom is -0.314 e. The molecule has 0 aromatic heterocycles. The fourth-order valence-electron chi connectivity index (χ4n) is 3.12. The van der Waals surface area contributed by atoms with Crippen LogP contribution in [-0.2, 0) is 6.42 Å². The highest BCUT2D eigenvalue weighted by Crippen LogP contribution is 2.29. The van der Waals surface area contributed by atoms with Gasteiger partial charge in [0.05, 0.1) is 0 Å². The monoisotopic (exact) mass is 327 g/mol.